The number of nitrogens with zero attached hydrogens (tertiary/aromatic N) is 1. The predicted octanol–water partition coefficient (Wildman–Crippen LogP) is 7.74. The number of thiophene rings is 1. The Morgan fingerprint density at radius 2 is 1.76 bits per heavy atom. The van der Waals surface area contributed by atoms with Crippen LogP contribution in [0.2, 0.25) is 0 Å². The van der Waals surface area contributed by atoms with Gasteiger partial charge in [0.05, 0.1) is 11.6 Å². The number of aromatic hydroxyl groups is 1. The van der Waals surface area contributed by atoms with E-state index < -0.39 is 17.3 Å². The zero-order chi connectivity index (χ0) is 26.2. The molecule has 0 bridgehead atoms. The number of phenols is 1. The van der Waals surface area contributed by atoms with Gasteiger partial charge < -0.3 is 14.6 Å². The average Bonchev–Trinajstić information content (AvgIpc) is 3.18. The third-order valence-electron chi connectivity index (χ3n) is 6.21. The maximum Gasteiger partial charge on any atom is 0.271 e. The number of alkyl halides is 3. The van der Waals surface area contributed by atoms with E-state index in [2.05, 4.69) is 4.90 Å². The van der Waals surface area contributed by atoms with Gasteiger partial charge in [-0.1, -0.05) is 6.07 Å². The van der Waals surface area contributed by atoms with Gasteiger partial charge in [0.25, 0.3) is 5.92 Å². The first-order valence-corrected chi connectivity index (χ1v) is 12.7. The summed E-state index contributed by atoms with van der Waals surface area (Å²) in [6.45, 7) is 2.62. The zero-order valence-electron chi connectivity index (χ0n) is 20.0. The molecular weight excluding hydrogens is 506 g/mol. The smallest absolute Gasteiger partial charge is 0.271 e. The summed E-state index contributed by atoms with van der Waals surface area (Å²) >= 11 is 1.18. The Morgan fingerprint density at radius 1 is 1.03 bits per heavy atom. The highest BCUT2D eigenvalue weighted by atomic mass is 32.1. The quantitative estimate of drug-likeness (QED) is 0.224. The standard InChI is InChI=1S/C28H25F4NO3S/c1-28(31,32)24-13-17(30)3-9-22(24)27-26(23-10-4-18(34)14-25(23)37-27)36-20-7-5-19(6-8-20)35-21-15-33(16-21)12-2-11-29/h3-10,13-14,21,34H,2,11-12,15-16H2,1H3. The van der Waals surface area contributed by atoms with Crippen LogP contribution in [-0.2, 0) is 5.92 Å². The van der Waals surface area contributed by atoms with Crippen molar-refractivity contribution in [1.29, 1.82) is 0 Å². The third kappa shape index (κ3) is 5.52. The van der Waals surface area contributed by atoms with Gasteiger partial charge in [-0.3, -0.25) is 9.29 Å². The number of hydrogen-bond acceptors (Lipinski definition) is 5. The summed E-state index contributed by atoms with van der Waals surface area (Å²) in [7, 11) is 0. The largest absolute Gasteiger partial charge is 0.508 e. The van der Waals surface area contributed by atoms with Crippen LogP contribution in [0.15, 0.2) is 60.7 Å². The minimum atomic E-state index is -3.28. The van der Waals surface area contributed by atoms with Crippen molar-refractivity contribution in [3.63, 3.8) is 0 Å². The van der Waals surface area contributed by atoms with Crippen LogP contribution in [0.5, 0.6) is 23.0 Å². The summed E-state index contributed by atoms with van der Waals surface area (Å²) in [6.07, 6.45) is 0.562. The molecule has 194 valence electrons. The van der Waals surface area contributed by atoms with E-state index in [9.17, 15) is 22.7 Å². The molecule has 37 heavy (non-hydrogen) atoms. The van der Waals surface area contributed by atoms with Gasteiger partial charge in [0.15, 0.2) is 5.75 Å². The molecule has 0 saturated carbocycles. The summed E-state index contributed by atoms with van der Waals surface area (Å²) in [6, 6.07) is 15.0. The molecule has 0 unspecified atom stereocenters. The number of hydrogen-bond donors (Lipinski definition) is 1. The third-order valence-corrected chi connectivity index (χ3v) is 7.37. The molecular formula is C28H25F4NO3S. The molecule has 1 aromatic heterocycles. The van der Waals surface area contributed by atoms with E-state index in [4.69, 9.17) is 9.47 Å². The molecule has 0 spiro atoms. The number of rotatable bonds is 9. The second-order valence-electron chi connectivity index (χ2n) is 9.13. The summed E-state index contributed by atoms with van der Waals surface area (Å²) in [5.74, 6) is -2.54. The molecule has 1 saturated heterocycles. The highest BCUT2D eigenvalue weighted by molar-refractivity contribution is 7.22. The maximum absolute atomic E-state index is 14.5. The topological polar surface area (TPSA) is 41.9 Å². The molecule has 1 aliphatic heterocycles. The molecule has 2 heterocycles. The number of benzene rings is 3. The molecule has 9 heteroatoms. The van der Waals surface area contributed by atoms with Crippen molar-refractivity contribution >= 4 is 21.4 Å². The lowest BCUT2D eigenvalue weighted by molar-refractivity contribution is 0.0177. The first-order valence-electron chi connectivity index (χ1n) is 11.9. The van der Waals surface area contributed by atoms with Crippen molar-refractivity contribution < 1.29 is 32.1 Å². The van der Waals surface area contributed by atoms with Crippen molar-refractivity contribution in [3.05, 3.63) is 72.0 Å². The summed E-state index contributed by atoms with van der Waals surface area (Å²) in [5.41, 5.74) is -0.287. The van der Waals surface area contributed by atoms with Crippen LogP contribution in [0.3, 0.4) is 0 Å². The maximum atomic E-state index is 14.5. The number of ether oxygens (including phenoxy) is 2. The fraction of sp³-hybridized carbons (Fsp3) is 0.286. The van der Waals surface area contributed by atoms with Gasteiger partial charge in [0.1, 0.15) is 29.2 Å². The Labute approximate surface area is 215 Å². The minimum absolute atomic E-state index is 0.0350. The van der Waals surface area contributed by atoms with Crippen molar-refractivity contribution in [2.75, 3.05) is 26.3 Å². The van der Waals surface area contributed by atoms with Crippen LogP contribution in [0.4, 0.5) is 17.6 Å². The fourth-order valence-electron chi connectivity index (χ4n) is 4.38. The Hall–Kier alpha value is -3.30. The van der Waals surface area contributed by atoms with E-state index in [0.717, 1.165) is 38.7 Å². The van der Waals surface area contributed by atoms with E-state index in [0.29, 0.717) is 38.6 Å². The molecule has 0 radical (unpaired) electrons. The van der Waals surface area contributed by atoms with Gasteiger partial charge in [-0.15, -0.1) is 11.3 Å². The monoisotopic (exact) mass is 531 g/mol. The SMILES string of the molecule is CC(F)(F)c1cc(F)ccc1-c1sc2cc(O)ccc2c1Oc1ccc(OC2CN(CCCF)C2)cc1. The highest BCUT2D eigenvalue weighted by Gasteiger charge is 2.31. The van der Waals surface area contributed by atoms with Crippen molar-refractivity contribution in [1.82, 2.24) is 4.90 Å². The lowest BCUT2D eigenvalue weighted by atomic mass is 10.00. The molecule has 3 aromatic carbocycles. The molecule has 4 aromatic rings. The van der Waals surface area contributed by atoms with E-state index >= 15 is 0 Å². The van der Waals surface area contributed by atoms with Gasteiger partial charge in [-0.25, -0.2) is 13.2 Å². The molecule has 4 nitrogen and oxygen atoms in total. The predicted molar refractivity (Wildman–Crippen MR) is 136 cm³/mol. The Morgan fingerprint density at radius 3 is 2.46 bits per heavy atom. The normalized spacial score (nSPS) is 14.6. The van der Waals surface area contributed by atoms with Crippen LogP contribution < -0.4 is 9.47 Å². The fourth-order valence-corrected chi connectivity index (χ4v) is 5.58. The van der Waals surface area contributed by atoms with Crippen LogP contribution in [0, 0.1) is 5.82 Å². The second-order valence-corrected chi connectivity index (χ2v) is 10.2. The molecule has 0 atom stereocenters. The van der Waals surface area contributed by atoms with Gasteiger partial charge in [-0.2, -0.15) is 0 Å². The van der Waals surface area contributed by atoms with E-state index in [1.54, 1.807) is 30.3 Å². The first-order chi connectivity index (χ1) is 17.7. The second kappa shape index (κ2) is 10.2. The molecule has 5 rings (SSSR count). The molecule has 1 N–H and O–H groups in total. The van der Waals surface area contributed by atoms with E-state index in [1.807, 2.05) is 0 Å². The Kier molecular flexibility index (Phi) is 7.00. The first kappa shape index (κ1) is 25.4. The summed E-state index contributed by atoms with van der Waals surface area (Å²) in [5, 5.41) is 10.6. The average molecular weight is 532 g/mol. The van der Waals surface area contributed by atoms with Crippen molar-refractivity contribution in [2.45, 2.75) is 25.4 Å². The summed E-state index contributed by atoms with van der Waals surface area (Å²) < 4.78 is 67.9. The van der Waals surface area contributed by atoms with Crippen molar-refractivity contribution in [3.8, 4) is 33.4 Å². The molecule has 0 amide bonds. The van der Waals surface area contributed by atoms with Gasteiger partial charge in [0, 0.05) is 47.8 Å². The van der Waals surface area contributed by atoms with Crippen molar-refractivity contribution in [2.24, 2.45) is 0 Å². The number of likely N-dealkylation sites (tertiary alicyclic amines) is 1. The van der Waals surface area contributed by atoms with Gasteiger partial charge in [-0.05, 0) is 61.0 Å². The lowest BCUT2D eigenvalue weighted by Gasteiger charge is -2.38. The summed E-state index contributed by atoms with van der Waals surface area (Å²) in [4.78, 5) is 2.53. The lowest BCUT2D eigenvalue weighted by Crippen LogP contribution is -2.53. The Balaban J connectivity index is 1.43. The highest BCUT2D eigenvalue weighted by Crippen LogP contribution is 2.50. The van der Waals surface area contributed by atoms with Crippen LogP contribution in [-0.4, -0.2) is 42.4 Å². The van der Waals surface area contributed by atoms with Crippen LogP contribution in [0.1, 0.15) is 18.9 Å². The number of fused-ring (bicyclic) bond motifs is 1. The van der Waals surface area contributed by atoms with Gasteiger partial charge >= 0.3 is 0 Å². The van der Waals surface area contributed by atoms with Crippen LogP contribution >= 0.6 is 11.3 Å². The Bertz CT molecular complexity index is 1400. The van der Waals surface area contributed by atoms with E-state index in [-0.39, 0.29) is 24.1 Å². The number of phenolic OH excluding ortho intramolecular Hbond substituents is 1. The van der Waals surface area contributed by atoms with Crippen LogP contribution in [0.25, 0.3) is 20.5 Å². The molecule has 1 aliphatic rings. The molecule has 0 aliphatic carbocycles. The zero-order valence-corrected chi connectivity index (χ0v) is 20.8. The minimum Gasteiger partial charge on any atom is -0.508 e. The number of halogens is 4. The molecule has 1 fully saturated rings. The van der Waals surface area contributed by atoms with Gasteiger partial charge in [0.2, 0.25) is 0 Å². The van der Waals surface area contributed by atoms with E-state index in [1.165, 1.54) is 29.5 Å².